The van der Waals surface area contributed by atoms with Crippen molar-refractivity contribution < 1.29 is 14.4 Å². The zero-order valence-electron chi connectivity index (χ0n) is 21.8. The van der Waals surface area contributed by atoms with Gasteiger partial charge in [0.25, 0.3) is 0 Å². The predicted octanol–water partition coefficient (Wildman–Crippen LogP) is 3.47. The molecule has 4 rings (SSSR count). The molecule has 2 N–H and O–H groups in total. The van der Waals surface area contributed by atoms with Crippen LogP contribution in [0.1, 0.15) is 64.5 Å². The van der Waals surface area contributed by atoms with Crippen LogP contribution in [0.4, 0.5) is 4.79 Å². The van der Waals surface area contributed by atoms with Gasteiger partial charge in [0.15, 0.2) is 6.29 Å². The van der Waals surface area contributed by atoms with Crippen molar-refractivity contribution in [1.29, 1.82) is 0 Å². The molecule has 3 fully saturated rings. The average molecular weight is 484 g/mol. The van der Waals surface area contributed by atoms with Gasteiger partial charge in [0.1, 0.15) is 0 Å². The molecule has 35 heavy (non-hydrogen) atoms. The minimum atomic E-state index is -0.502. The van der Waals surface area contributed by atoms with E-state index in [-0.39, 0.29) is 35.7 Å². The van der Waals surface area contributed by atoms with Gasteiger partial charge in [-0.1, -0.05) is 57.5 Å². The largest absolute Gasteiger partial charge is 0.356 e. The Morgan fingerprint density at radius 3 is 2.46 bits per heavy atom. The Morgan fingerprint density at radius 2 is 1.80 bits per heavy atom. The third kappa shape index (κ3) is 5.47. The summed E-state index contributed by atoms with van der Waals surface area (Å²) in [5, 5.41) is 4.69. The van der Waals surface area contributed by atoms with Crippen molar-refractivity contribution in [2.75, 3.05) is 13.1 Å². The summed E-state index contributed by atoms with van der Waals surface area (Å²) in [7, 11) is 0. The first-order valence-corrected chi connectivity index (χ1v) is 13.2. The fourth-order valence-corrected chi connectivity index (χ4v) is 5.43. The summed E-state index contributed by atoms with van der Waals surface area (Å²) in [6.45, 7) is 12.2. The second kappa shape index (κ2) is 10.6. The third-order valence-electron chi connectivity index (χ3n) is 7.52. The number of nitrogens with zero attached hydrogens (tertiary/aromatic N) is 3. The molecule has 0 spiro atoms. The van der Waals surface area contributed by atoms with Crippen LogP contribution < -0.4 is 10.7 Å². The van der Waals surface area contributed by atoms with Crippen LogP contribution >= 0.6 is 0 Å². The Morgan fingerprint density at radius 1 is 1.09 bits per heavy atom. The van der Waals surface area contributed by atoms with Crippen molar-refractivity contribution in [1.82, 2.24) is 25.6 Å². The standard InChI is InChI=1S/C27H41N5O3/c1-17(2)12-13-30-25(34)22-11-10-21(24(33)28-15-18(3)4)14-23(22)32-26(30)29-31(27(32)35)16-20-8-6-19(5)7-9-20/h6-9,17-18,21-23,26,29H,10-16H2,1-5H3,(H,28,33). The van der Waals surface area contributed by atoms with Crippen molar-refractivity contribution >= 4 is 17.8 Å². The summed E-state index contributed by atoms with van der Waals surface area (Å²) >= 11 is 0. The minimum absolute atomic E-state index is 0.0412. The lowest BCUT2D eigenvalue weighted by molar-refractivity contribution is -0.159. The Bertz CT molecular complexity index is 931. The predicted molar refractivity (Wildman–Crippen MR) is 135 cm³/mol. The number of fused-ring (bicyclic) bond motifs is 3. The molecule has 8 heteroatoms. The summed E-state index contributed by atoms with van der Waals surface area (Å²) in [5.41, 5.74) is 5.54. The molecule has 1 aromatic rings. The van der Waals surface area contributed by atoms with Crippen LogP contribution in [0.2, 0.25) is 0 Å². The molecule has 4 amide bonds. The van der Waals surface area contributed by atoms with Crippen LogP contribution in [0.3, 0.4) is 0 Å². The molecule has 0 aromatic heterocycles. The normalized spacial score (nSPS) is 26.4. The number of urea groups is 1. The van der Waals surface area contributed by atoms with E-state index in [1.54, 1.807) is 5.01 Å². The highest BCUT2D eigenvalue weighted by molar-refractivity contribution is 5.86. The van der Waals surface area contributed by atoms with Crippen molar-refractivity contribution in [3.63, 3.8) is 0 Å². The van der Waals surface area contributed by atoms with Gasteiger partial charge < -0.3 is 10.2 Å². The first-order valence-electron chi connectivity index (χ1n) is 13.2. The van der Waals surface area contributed by atoms with Gasteiger partial charge in [-0.05, 0) is 50.0 Å². The van der Waals surface area contributed by atoms with Crippen molar-refractivity contribution in [2.45, 2.75) is 79.2 Å². The van der Waals surface area contributed by atoms with E-state index >= 15 is 0 Å². The van der Waals surface area contributed by atoms with E-state index in [1.807, 2.05) is 41.0 Å². The summed E-state index contributed by atoms with van der Waals surface area (Å²) in [6.07, 6.45) is 2.22. The topological polar surface area (TPSA) is 85.0 Å². The number of carbonyl (C=O) groups excluding carboxylic acids is 3. The van der Waals surface area contributed by atoms with E-state index in [4.69, 9.17) is 0 Å². The van der Waals surface area contributed by atoms with Crippen molar-refractivity contribution in [2.24, 2.45) is 23.7 Å². The number of carbonyl (C=O) groups is 3. The van der Waals surface area contributed by atoms with Gasteiger partial charge in [0.2, 0.25) is 11.8 Å². The number of hydrogen-bond acceptors (Lipinski definition) is 4. The van der Waals surface area contributed by atoms with Gasteiger partial charge >= 0.3 is 6.03 Å². The lowest BCUT2D eigenvalue weighted by Crippen LogP contribution is -2.67. The number of hydrogen-bond donors (Lipinski definition) is 2. The highest BCUT2D eigenvalue weighted by Gasteiger charge is 2.55. The molecule has 4 atom stereocenters. The van der Waals surface area contributed by atoms with Crippen LogP contribution in [-0.4, -0.2) is 58.1 Å². The van der Waals surface area contributed by atoms with E-state index in [0.29, 0.717) is 50.7 Å². The Hall–Kier alpha value is -2.61. The third-order valence-corrected chi connectivity index (χ3v) is 7.52. The van der Waals surface area contributed by atoms with Gasteiger partial charge in [-0.3, -0.25) is 19.5 Å². The van der Waals surface area contributed by atoms with Crippen LogP contribution in [0, 0.1) is 30.6 Å². The maximum Gasteiger partial charge on any atom is 0.337 e. The summed E-state index contributed by atoms with van der Waals surface area (Å²) in [4.78, 5) is 43.9. The van der Waals surface area contributed by atoms with Crippen LogP contribution in [-0.2, 0) is 16.1 Å². The maximum absolute atomic E-state index is 13.7. The Labute approximate surface area is 209 Å². The van der Waals surface area contributed by atoms with Crippen LogP contribution in [0.25, 0.3) is 0 Å². The molecule has 1 saturated carbocycles. The number of nitrogens with one attached hydrogen (secondary N) is 2. The maximum atomic E-state index is 13.7. The number of aryl methyl sites for hydroxylation is 1. The minimum Gasteiger partial charge on any atom is -0.356 e. The second-order valence-corrected chi connectivity index (χ2v) is 11.3. The quantitative estimate of drug-likeness (QED) is 0.593. The van der Waals surface area contributed by atoms with Gasteiger partial charge in [0.05, 0.1) is 12.5 Å². The zero-order valence-corrected chi connectivity index (χ0v) is 21.8. The lowest BCUT2D eigenvalue weighted by atomic mass is 9.75. The number of amides is 4. The van der Waals surface area contributed by atoms with Crippen LogP contribution in [0.15, 0.2) is 24.3 Å². The highest BCUT2D eigenvalue weighted by Crippen LogP contribution is 2.40. The van der Waals surface area contributed by atoms with Crippen LogP contribution in [0.5, 0.6) is 0 Å². The smallest absolute Gasteiger partial charge is 0.337 e. The SMILES string of the molecule is Cc1ccc(CN2NC3N(CCC(C)C)C(=O)C4CCC(C(=O)NCC(C)C)CC4N3C2=O)cc1. The van der Waals surface area contributed by atoms with E-state index in [0.717, 1.165) is 12.0 Å². The molecule has 1 aliphatic carbocycles. The average Bonchev–Trinajstić information content (AvgIpc) is 3.14. The second-order valence-electron chi connectivity index (χ2n) is 11.3. The molecule has 3 aliphatic rings. The highest BCUT2D eigenvalue weighted by atomic mass is 16.2. The Balaban J connectivity index is 1.56. The van der Waals surface area contributed by atoms with Crippen molar-refractivity contribution in [3.8, 4) is 0 Å². The first kappa shape index (κ1) is 25.5. The molecule has 0 bridgehead atoms. The molecular formula is C27H41N5O3. The van der Waals surface area contributed by atoms with E-state index in [9.17, 15) is 14.4 Å². The molecule has 2 aliphatic heterocycles. The molecule has 0 radical (unpaired) electrons. The van der Waals surface area contributed by atoms with E-state index in [1.165, 1.54) is 5.56 Å². The van der Waals surface area contributed by atoms with Crippen molar-refractivity contribution in [3.05, 3.63) is 35.4 Å². The Kier molecular flexibility index (Phi) is 7.69. The van der Waals surface area contributed by atoms with Gasteiger partial charge in [-0.15, -0.1) is 0 Å². The molecule has 1 aromatic carbocycles. The monoisotopic (exact) mass is 483 g/mol. The molecule has 2 saturated heterocycles. The molecule has 2 heterocycles. The molecule has 8 nitrogen and oxygen atoms in total. The summed E-state index contributed by atoms with van der Waals surface area (Å²) < 4.78 is 0. The van der Waals surface area contributed by atoms with Gasteiger partial charge in [-0.2, -0.15) is 5.43 Å². The number of rotatable bonds is 8. The fourth-order valence-electron chi connectivity index (χ4n) is 5.43. The van der Waals surface area contributed by atoms with E-state index in [2.05, 4.69) is 38.4 Å². The zero-order chi connectivity index (χ0) is 25.3. The fraction of sp³-hybridized carbons (Fsp3) is 0.667. The first-order chi connectivity index (χ1) is 16.7. The summed E-state index contributed by atoms with van der Waals surface area (Å²) in [5.74, 6) is 0.553. The number of hydrazine groups is 1. The summed E-state index contributed by atoms with van der Waals surface area (Å²) in [6, 6.07) is 7.76. The van der Waals surface area contributed by atoms with Gasteiger partial charge in [-0.25, -0.2) is 4.79 Å². The lowest BCUT2D eigenvalue weighted by Gasteiger charge is -2.50. The van der Waals surface area contributed by atoms with Gasteiger partial charge in [0, 0.05) is 25.0 Å². The molecular weight excluding hydrogens is 442 g/mol. The molecule has 4 unspecified atom stereocenters. The molecule has 192 valence electrons. The van der Waals surface area contributed by atoms with E-state index < -0.39 is 6.29 Å². The number of benzene rings is 1.